The lowest BCUT2D eigenvalue weighted by Crippen LogP contribution is -2.51. The van der Waals surface area contributed by atoms with Crippen molar-refractivity contribution in [1.29, 1.82) is 0 Å². The molecule has 0 aliphatic carbocycles. The first-order valence-corrected chi connectivity index (χ1v) is 9.10. The van der Waals surface area contributed by atoms with Gasteiger partial charge in [-0.25, -0.2) is 4.98 Å². The molecule has 1 aliphatic rings. The Morgan fingerprint density at radius 1 is 1.11 bits per heavy atom. The summed E-state index contributed by atoms with van der Waals surface area (Å²) in [5.74, 6) is -0.0225. The van der Waals surface area contributed by atoms with Crippen LogP contribution in [0.2, 0.25) is 0 Å². The van der Waals surface area contributed by atoms with Gasteiger partial charge in [-0.15, -0.1) is 0 Å². The Labute approximate surface area is 157 Å². The molecule has 2 aromatic rings. The minimum atomic E-state index is -4.43. The molecule has 6 nitrogen and oxygen atoms in total. The first-order valence-electron chi connectivity index (χ1n) is 8.11. The van der Waals surface area contributed by atoms with Gasteiger partial charge < -0.3 is 14.2 Å². The maximum Gasteiger partial charge on any atom is 0.417 e. The summed E-state index contributed by atoms with van der Waals surface area (Å²) in [5.41, 5.74) is -0.824. The monoisotopic (exact) mass is 399 g/mol. The second-order valence-corrected chi connectivity index (χ2v) is 6.82. The van der Waals surface area contributed by atoms with Gasteiger partial charge in [0.05, 0.1) is 22.6 Å². The molecule has 3 rings (SSSR count). The maximum absolute atomic E-state index is 12.5. The Kier molecular flexibility index (Phi) is 5.73. The number of aromatic nitrogens is 1. The van der Waals surface area contributed by atoms with Crippen LogP contribution in [0.1, 0.15) is 16.1 Å². The van der Waals surface area contributed by atoms with Crippen molar-refractivity contribution in [2.45, 2.75) is 11.2 Å². The van der Waals surface area contributed by atoms with Crippen molar-refractivity contribution in [1.82, 2.24) is 14.8 Å². The molecular formula is C17H16F3N3O3S. The number of thioether (sulfide) groups is 1. The molecule has 0 saturated carbocycles. The smallest absolute Gasteiger partial charge is 0.417 e. The highest BCUT2D eigenvalue weighted by atomic mass is 32.2. The van der Waals surface area contributed by atoms with Crippen LogP contribution in [0.4, 0.5) is 13.2 Å². The van der Waals surface area contributed by atoms with Crippen LogP contribution < -0.4 is 0 Å². The fraction of sp³-hybridized carbons (Fsp3) is 0.353. The molecule has 2 amide bonds. The molecular weight excluding hydrogens is 383 g/mol. The number of alkyl halides is 3. The molecule has 1 aliphatic heterocycles. The van der Waals surface area contributed by atoms with Crippen molar-refractivity contribution >= 4 is 23.6 Å². The molecule has 0 N–H and O–H groups in total. The Balaban J connectivity index is 1.46. The number of carbonyl (C=O) groups excluding carboxylic acids is 2. The quantitative estimate of drug-likeness (QED) is 0.740. The van der Waals surface area contributed by atoms with E-state index in [0.717, 1.165) is 24.0 Å². The van der Waals surface area contributed by atoms with Gasteiger partial charge in [0, 0.05) is 32.4 Å². The Morgan fingerprint density at radius 3 is 2.37 bits per heavy atom. The van der Waals surface area contributed by atoms with Gasteiger partial charge >= 0.3 is 6.18 Å². The number of amides is 2. The first kappa shape index (κ1) is 19.3. The average Bonchev–Trinajstić information content (AvgIpc) is 3.20. The van der Waals surface area contributed by atoms with Crippen molar-refractivity contribution in [3.05, 3.63) is 48.0 Å². The molecule has 0 bridgehead atoms. The van der Waals surface area contributed by atoms with Crippen LogP contribution in [0.15, 0.2) is 46.2 Å². The van der Waals surface area contributed by atoms with E-state index in [0.29, 0.717) is 31.2 Å². The van der Waals surface area contributed by atoms with Crippen molar-refractivity contribution in [2.24, 2.45) is 0 Å². The summed E-state index contributed by atoms with van der Waals surface area (Å²) < 4.78 is 42.6. The highest BCUT2D eigenvalue weighted by Crippen LogP contribution is 2.29. The summed E-state index contributed by atoms with van der Waals surface area (Å²) in [6.45, 7) is 1.58. The van der Waals surface area contributed by atoms with E-state index < -0.39 is 11.7 Å². The van der Waals surface area contributed by atoms with Crippen LogP contribution in [0.25, 0.3) is 0 Å². The van der Waals surface area contributed by atoms with E-state index in [4.69, 9.17) is 4.42 Å². The largest absolute Gasteiger partial charge is 0.459 e. The van der Waals surface area contributed by atoms with Gasteiger partial charge in [-0.3, -0.25) is 9.59 Å². The number of furan rings is 1. The second kappa shape index (κ2) is 8.03. The van der Waals surface area contributed by atoms with Crippen LogP contribution in [0.5, 0.6) is 0 Å². The molecule has 0 atom stereocenters. The molecule has 0 unspecified atom stereocenters. The fourth-order valence-electron chi connectivity index (χ4n) is 2.58. The van der Waals surface area contributed by atoms with Crippen LogP contribution in [-0.2, 0) is 11.0 Å². The summed E-state index contributed by atoms with van der Waals surface area (Å²) >= 11 is 1.08. The Bertz CT molecular complexity index is 786. The third-order valence-corrected chi connectivity index (χ3v) is 4.99. The van der Waals surface area contributed by atoms with Crippen LogP contribution in [-0.4, -0.2) is 58.5 Å². The lowest BCUT2D eigenvalue weighted by atomic mass is 10.3. The average molecular weight is 399 g/mol. The van der Waals surface area contributed by atoms with Crippen molar-refractivity contribution in [2.75, 3.05) is 31.9 Å². The number of rotatable bonds is 4. The van der Waals surface area contributed by atoms with Gasteiger partial charge in [-0.1, -0.05) is 11.8 Å². The van der Waals surface area contributed by atoms with Crippen molar-refractivity contribution in [3.63, 3.8) is 0 Å². The van der Waals surface area contributed by atoms with E-state index in [2.05, 4.69) is 4.98 Å². The van der Waals surface area contributed by atoms with E-state index in [1.165, 1.54) is 12.3 Å². The lowest BCUT2D eigenvalue weighted by molar-refractivity contribution is -0.138. The molecule has 10 heteroatoms. The summed E-state index contributed by atoms with van der Waals surface area (Å²) in [4.78, 5) is 31.4. The first-order chi connectivity index (χ1) is 12.8. The zero-order valence-electron chi connectivity index (χ0n) is 14.1. The topological polar surface area (TPSA) is 66.7 Å². The van der Waals surface area contributed by atoms with E-state index in [1.807, 2.05) is 0 Å². The Hall–Kier alpha value is -2.49. The molecule has 1 saturated heterocycles. The molecule has 0 spiro atoms. The van der Waals surface area contributed by atoms with Gasteiger partial charge in [0.25, 0.3) is 5.91 Å². The van der Waals surface area contributed by atoms with E-state index in [-0.39, 0.29) is 23.3 Å². The normalized spacial score (nSPS) is 15.1. The zero-order valence-corrected chi connectivity index (χ0v) is 14.9. The number of pyridine rings is 1. The molecule has 144 valence electrons. The number of hydrogen-bond donors (Lipinski definition) is 0. The van der Waals surface area contributed by atoms with Crippen LogP contribution >= 0.6 is 11.8 Å². The number of carbonyl (C=O) groups is 2. The van der Waals surface area contributed by atoms with Gasteiger partial charge in [-0.2, -0.15) is 13.2 Å². The van der Waals surface area contributed by atoms with Gasteiger partial charge in [0.1, 0.15) is 0 Å². The van der Waals surface area contributed by atoms with Gasteiger partial charge in [0.15, 0.2) is 5.76 Å². The van der Waals surface area contributed by atoms with E-state index >= 15 is 0 Å². The standard InChI is InChI=1S/C17H16F3N3O3S/c18-17(19,20)12-3-4-14(21-10-12)27-11-15(24)22-5-7-23(8-6-22)16(25)13-2-1-9-26-13/h1-4,9-10H,5-8,11H2. The SMILES string of the molecule is O=C(CSc1ccc(C(F)(F)F)cn1)N1CCN(C(=O)c2ccco2)CC1. The molecule has 1 fully saturated rings. The minimum Gasteiger partial charge on any atom is -0.459 e. The van der Waals surface area contributed by atoms with Crippen molar-refractivity contribution in [3.8, 4) is 0 Å². The van der Waals surface area contributed by atoms with Crippen LogP contribution in [0.3, 0.4) is 0 Å². The summed E-state index contributed by atoms with van der Waals surface area (Å²) in [7, 11) is 0. The third-order valence-electron chi connectivity index (χ3n) is 4.06. The molecule has 2 aromatic heterocycles. The van der Waals surface area contributed by atoms with Crippen LogP contribution in [0, 0.1) is 0 Å². The molecule has 27 heavy (non-hydrogen) atoms. The third kappa shape index (κ3) is 4.82. The predicted octanol–water partition coefficient (Wildman–Crippen LogP) is 2.77. The molecule has 0 aromatic carbocycles. The van der Waals surface area contributed by atoms with E-state index in [9.17, 15) is 22.8 Å². The second-order valence-electron chi connectivity index (χ2n) is 5.82. The highest BCUT2D eigenvalue weighted by Gasteiger charge is 2.31. The maximum atomic E-state index is 12.5. The summed E-state index contributed by atoms with van der Waals surface area (Å²) in [6.07, 6.45) is -2.25. The number of hydrogen-bond acceptors (Lipinski definition) is 5. The number of nitrogens with zero attached hydrogens (tertiary/aromatic N) is 3. The van der Waals surface area contributed by atoms with Gasteiger partial charge in [-0.05, 0) is 24.3 Å². The summed E-state index contributed by atoms with van der Waals surface area (Å²) in [5, 5.41) is 0.350. The molecule has 3 heterocycles. The fourth-order valence-corrected chi connectivity index (χ4v) is 3.32. The zero-order chi connectivity index (χ0) is 19.4. The minimum absolute atomic E-state index is 0.0739. The molecule has 0 radical (unpaired) electrons. The predicted molar refractivity (Wildman–Crippen MR) is 91.2 cm³/mol. The van der Waals surface area contributed by atoms with Crippen molar-refractivity contribution < 1.29 is 27.2 Å². The number of halogens is 3. The Morgan fingerprint density at radius 2 is 1.81 bits per heavy atom. The number of piperazine rings is 1. The summed E-state index contributed by atoms with van der Waals surface area (Å²) in [6, 6.07) is 5.42. The lowest BCUT2D eigenvalue weighted by Gasteiger charge is -2.34. The van der Waals surface area contributed by atoms with E-state index in [1.54, 1.807) is 21.9 Å². The van der Waals surface area contributed by atoms with Gasteiger partial charge in [0.2, 0.25) is 5.91 Å². The highest BCUT2D eigenvalue weighted by molar-refractivity contribution is 7.99.